The van der Waals surface area contributed by atoms with Gasteiger partial charge in [0.25, 0.3) is 0 Å². The molecule has 0 radical (unpaired) electrons. The van der Waals surface area contributed by atoms with Crippen LogP contribution in [0, 0.1) is 28.6 Å². The van der Waals surface area contributed by atoms with Gasteiger partial charge in [0.1, 0.15) is 17.5 Å². The van der Waals surface area contributed by atoms with Crippen LogP contribution in [0.1, 0.15) is 109 Å². The maximum absolute atomic E-state index is 12.2. The molecule has 10 rings (SSSR count). The molecule has 53 heavy (non-hydrogen) atoms. The van der Waals surface area contributed by atoms with Crippen molar-refractivity contribution in [2.24, 2.45) is 28.6 Å². The summed E-state index contributed by atoms with van der Waals surface area (Å²) in [6.07, 6.45) is 11.9. The van der Waals surface area contributed by atoms with Crippen molar-refractivity contribution in [3.8, 4) is 17.2 Å². The SMILES string of the molecule is CO[C@@]12CC[C@@]3(C[C@@H]1[C@](C)(O)C(C)(C)C)[C@H]1Cc4ccc(O)c5c4[C@@]3(CCN1CC1CC1)[C@H]2O5.COc1cccc([C@@]2(O)CCCC[C@@H]2CN(C)C)c1. The number of hydrogen-bond donors (Lipinski definition) is 3. The van der Waals surface area contributed by atoms with Crippen molar-refractivity contribution in [2.45, 2.75) is 133 Å². The van der Waals surface area contributed by atoms with Crippen molar-refractivity contribution in [1.82, 2.24) is 9.80 Å². The molecule has 2 aromatic rings. The van der Waals surface area contributed by atoms with Gasteiger partial charge in [0.2, 0.25) is 0 Å². The molecule has 0 unspecified atom stereocenters. The van der Waals surface area contributed by atoms with Crippen molar-refractivity contribution in [3.63, 3.8) is 0 Å². The van der Waals surface area contributed by atoms with Gasteiger partial charge in [-0.15, -0.1) is 0 Å². The lowest BCUT2D eigenvalue weighted by Gasteiger charge is -2.75. The van der Waals surface area contributed by atoms with E-state index >= 15 is 0 Å². The average molecular weight is 731 g/mol. The minimum atomic E-state index is -0.909. The van der Waals surface area contributed by atoms with E-state index in [1.165, 1.54) is 36.9 Å². The molecular weight excluding hydrogens is 665 g/mol. The van der Waals surface area contributed by atoms with Crippen LogP contribution in [-0.2, 0) is 22.2 Å². The summed E-state index contributed by atoms with van der Waals surface area (Å²) >= 11 is 0. The lowest BCUT2D eigenvalue weighted by Crippen LogP contribution is -2.83. The van der Waals surface area contributed by atoms with Crippen molar-refractivity contribution in [1.29, 1.82) is 0 Å². The fraction of sp³-hybridized carbons (Fsp3) is 0.733. The van der Waals surface area contributed by atoms with E-state index in [9.17, 15) is 15.3 Å². The molecule has 2 aliphatic heterocycles. The summed E-state index contributed by atoms with van der Waals surface area (Å²) in [5.41, 5.74) is 1.07. The van der Waals surface area contributed by atoms with Crippen LogP contribution in [0.3, 0.4) is 0 Å². The van der Waals surface area contributed by atoms with E-state index in [1.807, 2.05) is 44.4 Å². The average Bonchev–Trinajstić information content (AvgIpc) is 3.87. The molecule has 5 saturated carbocycles. The van der Waals surface area contributed by atoms with Crippen LogP contribution in [0.2, 0.25) is 0 Å². The maximum atomic E-state index is 12.2. The Balaban J connectivity index is 0.000000180. The molecule has 3 N–H and O–H groups in total. The summed E-state index contributed by atoms with van der Waals surface area (Å²) in [6.45, 7) is 11.7. The van der Waals surface area contributed by atoms with E-state index in [-0.39, 0.29) is 34.0 Å². The molecule has 292 valence electrons. The normalized spacial score (nSPS) is 38.0. The molecule has 8 heteroatoms. The van der Waals surface area contributed by atoms with Gasteiger partial charge in [-0.2, -0.15) is 0 Å². The van der Waals surface area contributed by atoms with Gasteiger partial charge in [-0.1, -0.05) is 51.8 Å². The molecule has 0 amide bonds. The number of likely N-dealkylation sites (tertiary alicyclic amines) is 1. The second-order valence-corrected chi connectivity index (χ2v) is 19.7. The van der Waals surface area contributed by atoms with Gasteiger partial charge in [0.05, 0.1) is 18.3 Å². The number of ether oxygens (including phenoxy) is 3. The molecule has 8 aliphatic rings. The van der Waals surface area contributed by atoms with Crippen LogP contribution in [0.4, 0.5) is 0 Å². The van der Waals surface area contributed by atoms with Crippen molar-refractivity contribution in [2.75, 3.05) is 47.9 Å². The third-order valence-corrected chi connectivity index (χ3v) is 16.0. The Morgan fingerprint density at radius 1 is 0.981 bits per heavy atom. The van der Waals surface area contributed by atoms with Gasteiger partial charge < -0.3 is 34.4 Å². The third-order valence-electron chi connectivity index (χ3n) is 16.0. The first-order valence-corrected chi connectivity index (χ1v) is 20.6. The van der Waals surface area contributed by atoms with E-state index in [1.54, 1.807) is 7.11 Å². The monoisotopic (exact) mass is 730 g/mol. The van der Waals surface area contributed by atoms with Gasteiger partial charge in [0, 0.05) is 54.5 Å². The number of phenols is 1. The fourth-order valence-corrected chi connectivity index (χ4v) is 12.8. The Kier molecular flexibility index (Phi) is 9.10. The first-order valence-electron chi connectivity index (χ1n) is 20.6. The Labute approximate surface area is 318 Å². The molecule has 2 spiro atoms. The number of piperidine rings is 1. The van der Waals surface area contributed by atoms with Crippen LogP contribution in [-0.4, -0.2) is 96.4 Å². The van der Waals surface area contributed by atoms with Crippen molar-refractivity contribution < 1.29 is 29.5 Å². The largest absolute Gasteiger partial charge is 0.504 e. The highest BCUT2D eigenvalue weighted by molar-refractivity contribution is 5.63. The highest BCUT2D eigenvalue weighted by atomic mass is 16.6. The van der Waals surface area contributed by atoms with Crippen molar-refractivity contribution >= 4 is 0 Å². The zero-order chi connectivity index (χ0) is 37.8. The van der Waals surface area contributed by atoms with E-state index < -0.39 is 16.8 Å². The summed E-state index contributed by atoms with van der Waals surface area (Å²) in [4.78, 5) is 4.99. The summed E-state index contributed by atoms with van der Waals surface area (Å²) in [6, 6.07) is 12.4. The lowest BCUT2D eigenvalue weighted by atomic mass is 9.33. The van der Waals surface area contributed by atoms with E-state index in [0.29, 0.717) is 17.7 Å². The molecule has 2 aromatic carbocycles. The number of benzene rings is 2. The van der Waals surface area contributed by atoms with Gasteiger partial charge in [-0.25, -0.2) is 0 Å². The summed E-state index contributed by atoms with van der Waals surface area (Å²) in [5, 5.41) is 34.3. The van der Waals surface area contributed by atoms with Crippen LogP contribution in [0.15, 0.2) is 36.4 Å². The Morgan fingerprint density at radius 3 is 2.43 bits per heavy atom. The molecule has 6 aliphatic carbocycles. The van der Waals surface area contributed by atoms with Crippen molar-refractivity contribution in [3.05, 3.63) is 53.1 Å². The number of aliphatic hydroxyl groups is 2. The predicted octanol–water partition coefficient (Wildman–Crippen LogP) is 7.05. The highest BCUT2D eigenvalue weighted by Gasteiger charge is 2.82. The molecule has 1 saturated heterocycles. The molecule has 8 nitrogen and oxygen atoms in total. The summed E-state index contributed by atoms with van der Waals surface area (Å²) in [7, 11) is 7.64. The zero-order valence-electron chi connectivity index (χ0n) is 33.7. The Morgan fingerprint density at radius 2 is 1.75 bits per heavy atom. The molecule has 4 bridgehead atoms. The number of aromatic hydroxyl groups is 1. The van der Waals surface area contributed by atoms with Crippen LogP contribution in [0.5, 0.6) is 17.2 Å². The predicted molar refractivity (Wildman–Crippen MR) is 208 cm³/mol. The molecule has 0 aromatic heterocycles. The topological polar surface area (TPSA) is 94.9 Å². The second kappa shape index (κ2) is 12.8. The zero-order valence-corrected chi connectivity index (χ0v) is 33.7. The van der Waals surface area contributed by atoms with Gasteiger partial charge in [0.15, 0.2) is 11.5 Å². The number of methoxy groups -OCH3 is 2. The van der Waals surface area contributed by atoms with E-state index in [2.05, 4.69) is 50.7 Å². The molecule has 9 atom stereocenters. The smallest absolute Gasteiger partial charge is 0.165 e. The lowest BCUT2D eigenvalue weighted by molar-refractivity contribution is -0.312. The first kappa shape index (κ1) is 37.6. The second-order valence-electron chi connectivity index (χ2n) is 19.7. The van der Waals surface area contributed by atoms with Crippen LogP contribution >= 0.6 is 0 Å². The molecular formula is C45H66N2O6. The van der Waals surface area contributed by atoms with Crippen LogP contribution in [0.25, 0.3) is 0 Å². The minimum absolute atomic E-state index is 0.0294. The number of hydrogen-bond acceptors (Lipinski definition) is 8. The standard InChI is InChI=1S/C29H41NO4.C16H25NO2/c1-25(2,3)26(4,32)20-15-27-10-11-29(20,33-5)24-28(27)12-13-30(16-17-6-7-17)21(27)14-18-8-9-19(31)23(34-24)22(18)28;1-17(2)12-14-7-4-5-10-16(14,18)13-8-6-9-15(11-13)19-3/h8-9,17,20-21,24,31-32H,6-7,10-16H2,1-5H3;6,8-9,11,14,18H,4-5,7,10,12H2,1-3H3/t20-,21-,24-,26+,27-,28+,29+;14-,16+/m11/s1. The Hall–Kier alpha value is -2.36. The minimum Gasteiger partial charge on any atom is -0.504 e. The Bertz CT molecular complexity index is 1700. The summed E-state index contributed by atoms with van der Waals surface area (Å²) < 4.78 is 18.7. The highest BCUT2D eigenvalue weighted by Crippen LogP contribution is 2.78. The fourth-order valence-electron chi connectivity index (χ4n) is 12.8. The molecule has 2 heterocycles. The number of rotatable bonds is 8. The van der Waals surface area contributed by atoms with Crippen LogP contribution < -0.4 is 9.47 Å². The number of phenolic OH excluding ortho intramolecular Hbond substituents is 1. The quantitative estimate of drug-likeness (QED) is 0.266. The maximum Gasteiger partial charge on any atom is 0.165 e. The van der Waals surface area contributed by atoms with Gasteiger partial charge >= 0.3 is 0 Å². The van der Waals surface area contributed by atoms with Gasteiger partial charge in [-0.05, 0) is 126 Å². The molecule has 6 fully saturated rings. The van der Waals surface area contributed by atoms with E-state index in [0.717, 1.165) is 81.7 Å². The third kappa shape index (κ3) is 5.39. The first-order chi connectivity index (χ1) is 25.1. The number of fused-ring (bicyclic) bond motifs is 2. The van der Waals surface area contributed by atoms with Gasteiger partial charge in [-0.3, -0.25) is 4.90 Å². The number of nitrogens with zero attached hydrogens (tertiary/aromatic N) is 2. The summed E-state index contributed by atoms with van der Waals surface area (Å²) in [5.74, 6) is 2.92. The van der Waals surface area contributed by atoms with E-state index in [4.69, 9.17) is 14.2 Å².